The van der Waals surface area contributed by atoms with E-state index in [1.165, 1.54) is 4.88 Å². The number of aryl methyl sites for hydroxylation is 2. The Morgan fingerprint density at radius 1 is 1.17 bits per heavy atom. The molecule has 0 bridgehead atoms. The molecular weight excluding hydrogens is 499 g/mol. The predicted molar refractivity (Wildman–Crippen MR) is 129 cm³/mol. The summed E-state index contributed by atoms with van der Waals surface area (Å²) in [6, 6.07) is 9.78. The number of nitrogens with one attached hydrogen (secondary N) is 2. The van der Waals surface area contributed by atoms with Crippen LogP contribution in [0.4, 0.5) is 0 Å². The molecule has 0 unspecified atom stereocenters. The lowest BCUT2D eigenvalue weighted by Gasteiger charge is -2.10. The summed E-state index contributed by atoms with van der Waals surface area (Å²) < 4.78 is 7.04. The van der Waals surface area contributed by atoms with E-state index >= 15 is 0 Å². The maximum atomic E-state index is 5.20. The zero-order chi connectivity index (χ0) is 19.9. The van der Waals surface area contributed by atoms with Crippen molar-refractivity contribution in [3.8, 4) is 11.4 Å². The summed E-state index contributed by atoms with van der Waals surface area (Å²) in [4.78, 5) is 10.3. The van der Waals surface area contributed by atoms with E-state index in [0.717, 1.165) is 40.3 Å². The van der Waals surface area contributed by atoms with Gasteiger partial charge in [0, 0.05) is 17.6 Å². The van der Waals surface area contributed by atoms with Crippen molar-refractivity contribution in [1.82, 2.24) is 25.4 Å². The maximum Gasteiger partial charge on any atom is 0.191 e. The lowest BCUT2D eigenvalue weighted by molar-refractivity contribution is 0.414. The van der Waals surface area contributed by atoms with Crippen LogP contribution in [0.3, 0.4) is 0 Å². The van der Waals surface area contributed by atoms with Crippen molar-refractivity contribution in [2.45, 2.75) is 33.9 Å². The fourth-order valence-corrected chi connectivity index (χ4v) is 3.60. The molecule has 7 nitrogen and oxygen atoms in total. The molecule has 1 aromatic carbocycles. The monoisotopic (exact) mass is 526 g/mol. The first-order valence-electron chi connectivity index (χ1n) is 9.23. The van der Waals surface area contributed by atoms with Crippen molar-refractivity contribution in [3.63, 3.8) is 0 Å². The van der Waals surface area contributed by atoms with Crippen LogP contribution in [-0.2, 0) is 13.1 Å². The SMILES string of the molecule is CCNC(=NCc1ccn(-c2ccc(OC)cc2)n1)NCc1sc(C)nc1C.I. The molecule has 0 saturated carbocycles. The fourth-order valence-electron chi connectivity index (χ4n) is 2.73. The second-order valence-corrected chi connectivity index (χ2v) is 7.53. The molecule has 0 spiro atoms. The Morgan fingerprint density at radius 3 is 2.55 bits per heavy atom. The Labute approximate surface area is 192 Å². The molecule has 156 valence electrons. The van der Waals surface area contributed by atoms with Gasteiger partial charge >= 0.3 is 0 Å². The van der Waals surface area contributed by atoms with Gasteiger partial charge in [-0.2, -0.15) is 5.10 Å². The van der Waals surface area contributed by atoms with Crippen molar-refractivity contribution >= 4 is 41.3 Å². The predicted octanol–water partition coefficient (Wildman–Crippen LogP) is 3.83. The zero-order valence-corrected chi connectivity index (χ0v) is 20.2. The first-order chi connectivity index (χ1) is 13.6. The van der Waals surface area contributed by atoms with E-state index in [2.05, 4.69) is 32.6 Å². The molecule has 9 heteroatoms. The first-order valence-corrected chi connectivity index (χ1v) is 10.0. The van der Waals surface area contributed by atoms with Gasteiger partial charge < -0.3 is 15.4 Å². The van der Waals surface area contributed by atoms with Crippen LogP contribution in [0, 0.1) is 13.8 Å². The quantitative estimate of drug-likeness (QED) is 0.278. The highest BCUT2D eigenvalue weighted by Crippen LogP contribution is 2.17. The minimum absolute atomic E-state index is 0. The zero-order valence-electron chi connectivity index (χ0n) is 17.1. The van der Waals surface area contributed by atoms with Gasteiger partial charge in [-0.3, -0.25) is 0 Å². The van der Waals surface area contributed by atoms with Gasteiger partial charge in [0.2, 0.25) is 0 Å². The third-order valence-electron chi connectivity index (χ3n) is 4.14. The van der Waals surface area contributed by atoms with Crippen LogP contribution in [0.5, 0.6) is 5.75 Å². The van der Waals surface area contributed by atoms with Crippen LogP contribution < -0.4 is 15.4 Å². The number of methoxy groups -OCH3 is 1. The number of thiazole rings is 1. The van der Waals surface area contributed by atoms with Gasteiger partial charge in [-0.25, -0.2) is 14.7 Å². The molecule has 0 fully saturated rings. The number of hydrogen-bond acceptors (Lipinski definition) is 5. The largest absolute Gasteiger partial charge is 0.497 e. The molecule has 0 aliphatic rings. The second kappa shape index (κ2) is 11.1. The number of aromatic nitrogens is 3. The molecule has 29 heavy (non-hydrogen) atoms. The van der Waals surface area contributed by atoms with Gasteiger partial charge in [-0.05, 0) is 51.1 Å². The number of aliphatic imine (C=N–C) groups is 1. The van der Waals surface area contributed by atoms with E-state index in [1.807, 2.05) is 55.1 Å². The van der Waals surface area contributed by atoms with Crippen LogP contribution in [0.2, 0.25) is 0 Å². The smallest absolute Gasteiger partial charge is 0.191 e. The lowest BCUT2D eigenvalue weighted by atomic mass is 10.3. The summed E-state index contributed by atoms with van der Waals surface area (Å²) in [6.07, 6.45) is 1.94. The number of guanidine groups is 1. The highest BCUT2D eigenvalue weighted by Gasteiger charge is 2.07. The standard InChI is InChI=1S/C20H26N6OS.HI/c1-5-21-20(23-13-19-14(2)24-15(3)28-19)22-12-16-10-11-26(25-16)17-6-8-18(27-4)9-7-17;/h6-11H,5,12-13H2,1-4H3,(H2,21,22,23);1H. The molecule has 2 heterocycles. The van der Waals surface area contributed by atoms with E-state index in [9.17, 15) is 0 Å². The Balaban J connectivity index is 0.00000300. The molecule has 0 atom stereocenters. The Kier molecular flexibility index (Phi) is 8.90. The number of halogens is 1. The molecule has 0 saturated heterocycles. The third kappa shape index (κ3) is 6.43. The van der Waals surface area contributed by atoms with E-state index in [1.54, 1.807) is 18.4 Å². The van der Waals surface area contributed by atoms with E-state index in [-0.39, 0.29) is 24.0 Å². The highest BCUT2D eigenvalue weighted by molar-refractivity contribution is 14.0. The first kappa shape index (κ1) is 23.1. The molecule has 0 radical (unpaired) electrons. The van der Waals surface area contributed by atoms with Gasteiger partial charge in [0.05, 0.1) is 42.3 Å². The minimum atomic E-state index is 0. The van der Waals surface area contributed by atoms with Gasteiger partial charge in [0.25, 0.3) is 0 Å². The molecule has 3 rings (SSSR count). The van der Waals surface area contributed by atoms with E-state index in [0.29, 0.717) is 13.1 Å². The van der Waals surface area contributed by atoms with Gasteiger partial charge in [-0.15, -0.1) is 35.3 Å². The van der Waals surface area contributed by atoms with Crippen LogP contribution in [-0.4, -0.2) is 34.4 Å². The molecule has 3 aromatic rings. The third-order valence-corrected chi connectivity index (χ3v) is 5.21. The molecule has 2 N–H and O–H groups in total. The Morgan fingerprint density at radius 2 is 1.93 bits per heavy atom. The maximum absolute atomic E-state index is 5.20. The molecule has 0 aliphatic heterocycles. The number of benzene rings is 1. The van der Waals surface area contributed by atoms with Crippen molar-refractivity contribution in [2.24, 2.45) is 4.99 Å². The normalized spacial score (nSPS) is 11.1. The van der Waals surface area contributed by atoms with Crippen LogP contribution in [0.1, 0.15) is 28.2 Å². The number of rotatable bonds is 7. The van der Waals surface area contributed by atoms with Crippen molar-refractivity contribution < 1.29 is 4.74 Å². The summed E-state index contributed by atoms with van der Waals surface area (Å²) in [5.41, 5.74) is 2.96. The average molecular weight is 526 g/mol. The summed E-state index contributed by atoms with van der Waals surface area (Å²) in [6.45, 7) is 8.13. The highest BCUT2D eigenvalue weighted by atomic mass is 127. The van der Waals surface area contributed by atoms with Crippen LogP contribution >= 0.6 is 35.3 Å². The summed E-state index contributed by atoms with van der Waals surface area (Å²) >= 11 is 1.71. The lowest BCUT2D eigenvalue weighted by Crippen LogP contribution is -2.36. The average Bonchev–Trinajstić information content (AvgIpc) is 3.30. The van der Waals surface area contributed by atoms with Gasteiger partial charge in [0.15, 0.2) is 5.96 Å². The molecule has 2 aromatic heterocycles. The van der Waals surface area contributed by atoms with E-state index < -0.39 is 0 Å². The van der Waals surface area contributed by atoms with Crippen LogP contribution in [0.25, 0.3) is 5.69 Å². The van der Waals surface area contributed by atoms with Crippen molar-refractivity contribution in [2.75, 3.05) is 13.7 Å². The summed E-state index contributed by atoms with van der Waals surface area (Å²) in [5, 5.41) is 12.3. The Bertz CT molecular complexity index is 935. The van der Waals surface area contributed by atoms with E-state index in [4.69, 9.17) is 4.74 Å². The number of nitrogens with zero attached hydrogens (tertiary/aromatic N) is 4. The number of hydrogen-bond donors (Lipinski definition) is 2. The molecular formula is C20H27IN6OS. The van der Waals surface area contributed by atoms with Crippen molar-refractivity contribution in [3.05, 3.63) is 57.8 Å². The van der Waals surface area contributed by atoms with Gasteiger partial charge in [-0.1, -0.05) is 0 Å². The van der Waals surface area contributed by atoms with Crippen molar-refractivity contribution in [1.29, 1.82) is 0 Å². The van der Waals surface area contributed by atoms with Gasteiger partial charge in [0.1, 0.15) is 5.75 Å². The summed E-state index contributed by atoms with van der Waals surface area (Å²) in [5.74, 6) is 1.60. The fraction of sp³-hybridized carbons (Fsp3) is 0.350. The Hall–Kier alpha value is -2.14. The van der Waals surface area contributed by atoms with Crippen LogP contribution in [0.15, 0.2) is 41.5 Å². The summed E-state index contributed by atoms with van der Waals surface area (Å²) in [7, 11) is 1.66. The molecule has 0 amide bonds. The number of ether oxygens (including phenoxy) is 1. The minimum Gasteiger partial charge on any atom is -0.497 e. The molecule has 0 aliphatic carbocycles. The topological polar surface area (TPSA) is 76.4 Å². The second-order valence-electron chi connectivity index (χ2n) is 6.24.